The molecule has 0 aliphatic carbocycles. The van der Waals surface area contributed by atoms with Crippen molar-refractivity contribution >= 4 is 28.4 Å². The molecule has 1 aromatic heterocycles. The van der Waals surface area contributed by atoms with Gasteiger partial charge in [-0.25, -0.2) is 4.98 Å². The van der Waals surface area contributed by atoms with E-state index < -0.39 is 0 Å². The fourth-order valence-electron chi connectivity index (χ4n) is 1.87. The molecule has 2 aromatic rings. The zero-order valence-electron chi connectivity index (χ0n) is 12.0. The van der Waals surface area contributed by atoms with Gasteiger partial charge in [-0.2, -0.15) is 0 Å². The second kappa shape index (κ2) is 7.03. The highest BCUT2D eigenvalue weighted by Crippen LogP contribution is 2.25. The first-order chi connectivity index (χ1) is 10.1. The predicted octanol–water partition coefficient (Wildman–Crippen LogP) is 3.79. The number of thiazole rings is 1. The molecule has 1 heterocycles. The molecule has 1 aromatic carbocycles. The summed E-state index contributed by atoms with van der Waals surface area (Å²) in [6.07, 6.45) is 0.964. The molecular formula is C14H18N4O2S. The lowest BCUT2D eigenvalue weighted by Gasteiger charge is -2.10. The first kappa shape index (κ1) is 15.2. The monoisotopic (exact) mass is 306 g/mol. The van der Waals surface area contributed by atoms with E-state index in [9.17, 15) is 10.1 Å². The van der Waals surface area contributed by atoms with Gasteiger partial charge < -0.3 is 10.6 Å². The van der Waals surface area contributed by atoms with E-state index in [1.54, 1.807) is 29.0 Å². The van der Waals surface area contributed by atoms with Gasteiger partial charge in [-0.3, -0.25) is 10.1 Å². The molecule has 2 N–H and O–H groups in total. The number of non-ortho nitro benzene ring substituents is 1. The number of aromatic nitrogens is 1. The number of anilines is 2. The Hall–Kier alpha value is -2.15. The summed E-state index contributed by atoms with van der Waals surface area (Å²) in [5.41, 5.74) is 4.36. The Kier molecular flexibility index (Phi) is 5.10. The summed E-state index contributed by atoms with van der Waals surface area (Å²) in [6.45, 7) is 5.41. The Morgan fingerprint density at radius 3 is 2.57 bits per heavy atom. The fourth-order valence-corrected chi connectivity index (χ4v) is 2.59. The van der Waals surface area contributed by atoms with Gasteiger partial charge in [-0.15, -0.1) is 11.3 Å². The van der Waals surface area contributed by atoms with Crippen molar-refractivity contribution in [2.45, 2.75) is 26.8 Å². The van der Waals surface area contributed by atoms with Gasteiger partial charge in [0.25, 0.3) is 5.69 Å². The number of hydrogen-bond acceptors (Lipinski definition) is 6. The molecule has 0 spiro atoms. The molecule has 0 fully saturated rings. The van der Waals surface area contributed by atoms with Crippen molar-refractivity contribution in [1.29, 1.82) is 0 Å². The summed E-state index contributed by atoms with van der Waals surface area (Å²) < 4.78 is 0. The first-order valence-corrected chi connectivity index (χ1v) is 7.64. The molecule has 21 heavy (non-hydrogen) atoms. The minimum absolute atomic E-state index is 0.0830. The predicted molar refractivity (Wildman–Crippen MR) is 86.1 cm³/mol. The number of aryl methyl sites for hydroxylation is 1. The van der Waals surface area contributed by atoms with Crippen LogP contribution in [-0.2, 0) is 6.54 Å². The smallest absolute Gasteiger partial charge is 0.273 e. The van der Waals surface area contributed by atoms with Crippen molar-refractivity contribution < 1.29 is 4.92 Å². The van der Waals surface area contributed by atoms with E-state index in [1.165, 1.54) is 0 Å². The van der Waals surface area contributed by atoms with Crippen LogP contribution in [0.5, 0.6) is 0 Å². The standard InChI is InChI=1S/C14H18N4O2S/c1-3-4-15-11-5-12(7-13(6-11)18(19)20)16-8-14-10(2)17-9-21-14/h5-7,9,15-16H,3-4,8H2,1-2H3. The highest BCUT2D eigenvalue weighted by atomic mass is 32.1. The van der Waals surface area contributed by atoms with Crippen LogP contribution in [0.4, 0.5) is 17.1 Å². The summed E-state index contributed by atoms with van der Waals surface area (Å²) in [6, 6.07) is 4.99. The minimum Gasteiger partial charge on any atom is -0.385 e. The van der Waals surface area contributed by atoms with Gasteiger partial charge in [0.15, 0.2) is 0 Å². The number of hydrogen-bond donors (Lipinski definition) is 2. The van der Waals surface area contributed by atoms with Crippen LogP contribution in [0, 0.1) is 17.0 Å². The van der Waals surface area contributed by atoms with Crippen molar-refractivity contribution in [3.63, 3.8) is 0 Å². The van der Waals surface area contributed by atoms with Crippen LogP contribution in [0.15, 0.2) is 23.7 Å². The number of rotatable bonds is 7. The highest BCUT2D eigenvalue weighted by molar-refractivity contribution is 7.09. The summed E-state index contributed by atoms with van der Waals surface area (Å²) in [7, 11) is 0. The van der Waals surface area contributed by atoms with Crippen LogP contribution in [-0.4, -0.2) is 16.5 Å². The number of benzene rings is 1. The van der Waals surface area contributed by atoms with Crippen LogP contribution in [0.3, 0.4) is 0 Å². The lowest BCUT2D eigenvalue weighted by Crippen LogP contribution is -2.04. The first-order valence-electron chi connectivity index (χ1n) is 6.76. The van der Waals surface area contributed by atoms with Gasteiger partial charge in [0.2, 0.25) is 0 Å². The van der Waals surface area contributed by atoms with Gasteiger partial charge in [0, 0.05) is 34.9 Å². The molecule has 0 amide bonds. The number of nitro groups is 1. The van der Waals surface area contributed by atoms with E-state index in [4.69, 9.17) is 0 Å². The second-order valence-corrected chi connectivity index (χ2v) is 5.61. The Bertz CT molecular complexity index is 627. The van der Waals surface area contributed by atoms with Crippen LogP contribution >= 0.6 is 11.3 Å². The molecule has 6 nitrogen and oxygen atoms in total. The number of nitrogens with one attached hydrogen (secondary N) is 2. The maximum Gasteiger partial charge on any atom is 0.273 e. The van der Waals surface area contributed by atoms with Gasteiger partial charge >= 0.3 is 0 Å². The Morgan fingerprint density at radius 2 is 2.00 bits per heavy atom. The second-order valence-electron chi connectivity index (χ2n) is 4.67. The van der Waals surface area contributed by atoms with Crippen molar-refractivity contribution in [2.75, 3.05) is 17.2 Å². The molecule has 0 unspecified atom stereocenters. The maximum absolute atomic E-state index is 11.0. The molecule has 0 aliphatic heterocycles. The average molecular weight is 306 g/mol. The van der Waals surface area contributed by atoms with Gasteiger partial charge in [-0.05, 0) is 19.4 Å². The molecule has 0 radical (unpaired) electrons. The maximum atomic E-state index is 11.0. The number of nitrogens with zero attached hydrogens (tertiary/aromatic N) is 2. The molecule has 0 saturated carbocycles. The van der Waals surface area contributed by atoms with Gasteiger partial charge in [-0.1, -0.05) is 6.92 Å². The summed E-state index contributed by atoms with van der Waals surface area (Å²) in [4.78, 5) is 16.0. The van der Waals surface area contributed by atoms with Crippen molar-refractivity contribution in [3.05, 3.63) is 44.4 Å². The normalized spacial score (nSPS) is 10.4. The average Bonchev–Trinajstić information content (AvgIpc) is 2.88. The van der Waals surface area contributed by atoms with Crippen molar-refractivity contribution in [3.8, 4) is 0 Å². The third kappa shape index (κ3) is 4.16. The van der Waals surface area contributed by atoms with E-state index in [2.05, 4.69) is 22.5 Å². The lowest BCUT2D eigenvalue weighted by molar-refractivity contribution is -0.384. The third-order valence-corrected chi connectivity index (χ3v) is 3.94. The van der Waals surface area contributed by atoms with Crippen molar-refractivity contribution in [2.24, 2.45) is 0 Å². The molecule has 0 atom stereocenters. The molecule has 0 aliphatic rings. The Balaban J connectivity index is 2.15. The quantitative estimate of drug-likeness (QED) is 0.601. The summed E-state index contributed by atoms with van der Waals surface area (Å²) in [5.74, 6) is 0. The summed E-state index contributed by atoms with van der Waals surface area (Å²) in [5, 5.41) is 17.4. The van der Waals surface area contributed by atoms with E-state index >= 15 is 0 Å². The molecule has 0 bridgehead atoms. The van der Waals surface area contributed by atoms with E-state index in [-0.39, 0.29) is 10.6 Å². The Morgan fingerprint density at radius 1 is 1.29 bits per heavy atom. The van der Waals surface area contributed by atoms with E-state index in [0.717, 1.165) is 34.9 Å². The molecule has 112 valence electrons. The highest BCUT2D eigenvalue weighted by Gasteiger charge is 2.10. The van der Waals surface area contributed by atoms with Gasteiger partial charge in [0.1, 0.15) is 0 Å². The topological polar surface area (TPSA) is 80.1 Å². The van der Waals surface area contributed by atoms with E-state index in [0.29, 0.717) is 6.54 Å². The number of nitro benzene ring substituents is 1. The zero-order valence-corrected chi connectivity index (χ0v) is 12.9. The molecular weight excluding hydrogens is 288 g/mol. The SMILES string of the molecule is CCCNc1cc(NCc2scnc2C)cc([N+](=O)[O-])c1. The van der Waals surface area contributed by atoms with Crippen LogP contribution in [0.25, 0.3) is 0 Å². The third-order valence-electron chi connectivity index (χ3n) is 3.01. The van der Waals surface area contributed by atoms with E-state index in [1.807, 2.05) is 13.0 Å². The van der Waals surface area contributed by atoms with Crippen molar-refractivity contribution in [1.82, 2.24) is 4.98 Å². The summed E-state index contributed by atoms with van der Waals surface area (Å²) >= 11 is 1.57. The lowest BCUT2D eigenvalue weighted by atomic mass is 10.2. The minimum atomic E-state index is -0.375. The molecule has 0 saturated heterocycles. The fraction of sp³-hybridized carbons (Fsp3) is 0.357. The Labute approximate surface area is 127 Å². The van der Waals surface area contributed by atoms with Crippen LogP contribution in [0.1, 0.15) is 23.9 Å². The van der Waals surface area contributed by atoms with Gasteiger partial charge in [0.05, 0.1) is 22.7 Å². The van der Waals surface area contributed by atoms with Crippen LogP contribution in [0.2, 0.25) is 0 Å². The largest absolute Gasteiger partial charge is 0.385 e. The zero-order chi connectivity index (χ0) is 15.2. The molecule has 2 rings (SSSR count). The molecule has 7 heteroatoms. The van der Waals surface area contributed by atoms with Crippen LogP contribution < -0.4 is 10.6 Å².